The summed E-state index contributed by atoms with van der Waals surface area (Å²) in [6, 6.07) is 0.587. The van der Waals surface area contributed by atoms with Crippen molar-refractivity contribution in [1.82, 2.24) is 20.0 Å². The first kappa shape index (κ1) is 17.0. The molecule has 0 radical (unpaired) electrons. The molecule has 1 aromatic rings. The molecule has 124 valence electrons. The Morgan fingerprint density at radius 2 is 2.18 bits per heavy atom. The summed E-state index contributed by atoms with van der Waals surface area (Å²) in [6.07, 6.45) is 5.91. The summed E-state index contributed by atoms with van der Waals surface area (Å²) in [5, 5.41) is 7.36. The number of nitrogens with one attached hydrogen (secondary N) is 1. The number of aromatic nitrogens is 2. The van der Waals surface area contributed by atoms with Crippen molar-refractivity contribution in [2.75, 3.05) is 19.6 Å². The highest BCUT2D eigenvalue weighted by atomic mass is 16.1. The Balaban J connectivity index is 1.86. The molecule has 1 saturated heterocycles. The molecule has 2 heterocycles. The number of carbonyl (C=O) groups is 1. The summed E-state index contributed by atoms with van der Waals surface area (Å²) < 4.78 is 1.84. The third-order valence-corrected chi connectivity index (χ3v) is 4.36. The monoisotopic (exact) mass is 306 g/mol. The maximum atomic E-state index is 12.3. The van der Waals surface area contributed by atoms with Gasteiger partial charge in [-0.3, -0.25) is 9.48 Å². The molecule has 1 aromatic heterocycles. The normalized spacial score (nSPS) is 20.4. The van der Waals surface area contributed by atoms with Gasteiger partial charge >= 0.3 is 0 Å². The van der Waals surface area contributed by atoms with Crippen LogP contribution in [0.25, 0.3) is 0 Å². The van der Waals surface area contributed by atoms with Crippen LogP contribution in [-0.2, 0) is 5.54 Å². The number of amides is 1. The number of carbonyl (C=O) groups excluding carboxylic acids is 1. The van der Waals surface area contributed by atoms with Gasteiger partial charge in [-0.25, -0.2) is 0 Å². The fourth-order valence-electron chi connectivity index (χ4n) is 2.88. The van der Waals surface area contributed by atoms with Crippen LogP contribution >= 0.6 is 0 Å². The summed E-state index contributed by atoms with van der Waals surface area (Å²) in [6.45, 7) is 13.7. The van der Waals surface area contributed by atoms with Crippen molar-refractivity contribution in [3.05, 3.63) is 18.0 Å². The van der Waals surface area contributed by atoms with Gasteiger partial charge in [0, 0.05) is 25.3 Å². The van der Waals surface area contributed by atoms with Crippen molar-refractivity contribution in [2.45, 2.75) is 59.0 Å². The molecule has 0 aromatic carbocycles. The minimum absolute atomic E-state index is 0.0165. The summed E-state index contributed by atoms with van der Waals surface area (Å²) in [5.74, 6) is 0.537. The lowest BCUT2D eigenvalue weighted by Gasteiger charge is -2.35. The molecule has 0 aliphatic carbocycles. The van der Waals surface area contributed by atoms with Crippen LogP contribution in [0.4, 0.5) is 0 Å². The zero-order chi connectivity index (χ0) is 16.3. The summed E-state index contributed by atoms with van der Waals surface area (Å²) in [5.41, 5.74) is 0.547. The second-order valence-electron chi connectivity index (χ2n) is 7.65. The van der Waals surface area contributed by atoms with Gasteiger partial charge in [-0.2, -0.15) is 5.10 Å². The molecule has 1 atom stereocenters. The van der Waals surface area contributed by atoms with Gasteiger partial charge < -0.3 is 10.2 Å². The Morgan fingerprint density at radius 1 is 1.45 bits per heavy atom. The number of hydrogen-bond acceptors (Lipinski definition) is 3. The van der Waals surface area contributed by atoms with Gasteiger partial charge in [0.25, 0.3) is 5.91 Å². The molecule has 0 spiro atoms. The van der Waals surface area contributed by atoms with Crippen molar-refractivity contribution in [1.29, 1.82) is 0 Å². The first-order valence-corrected chi connectivity index (χ1v) is 8.35. The topological polar surface area (TPSA) is 50.2 Å². The Kier molecular flexibility index (Phi) is 5.27. The van der Waals surface area contributed by atoms with E-state index >= 15 is 0 Å². The number of rotatable bonds is 4. The van der Waals surface area contributed by atoms with E-state index in [-0.39, 0.29) is 11.4 Å². The average molecular weight is 306 g/mol. The second kappa shape index (κ2) is 6.82. The van der Waals surface area contributed by atoms with E-state index in [1.165, 1.54) is 19.4 Å². The number of piperidine rings is 1. The first-order chi connectivity index (χ1) is 10.3. The van der Waals surface area contributed by atoms with Crippen molar-refractivity contribution in [2.24, 2.45) is 5.92 Å². The molecular weight excluding hydrogens is 276 g/mol. The minimum Gasteiger partial charge on any atom is -0.352 e. The molecule has 1 aliphatic rings. The SMILES string of the molecule is CC(C)N1CCC[C@@H](CNC(=O)c2cnn(C(C)(C)C)c2)C1. The highest BCUT2D eigenvalue weighted by molar-refractivity contribution is 5.93. The van der Waals surface area contributed by atoms with E-state index in [2.05, 4.69) is 49.9 Å². The van der Waals surface area contributed by atoms with Gasteiger partial charge in [-0.1, -0.05) is 0 Å². The predicted molar refractivity (Wildman–Crippen MR) is 89.0 cm³/mol. The van der Waals surface area contributed by atoms with Crippen LogP contribution in [0.3, 0.4) is 0 Å². The van der Waals surface area contributed by atoms with Crippen LogP contribution in [0.5, 0.6) is 0 Å². The summed E-state index contributed by atoms with van der Waals surface area (Å²) >= 11 is 0. The molecule has 0 bridgehead atoms. The fourth-order valence-corrected chi connectivity index (χ4v) is 2.88. The van der Waals surface area contributed by atoms with E-state index < -0.39 is 0 Å². The Labute approximate surface area is 134 Å². The highest BCUT2D eigenvalue weighted by Gasteiger charge is 2.22. The average Bonchev–Trinajstić information content (AvgIpc) is 2.95. The van der Waals surface area contributed by atoms with Crippen LogP contribution in [0.15, 0.2) is 12.4 Å². The first-order valence-electron chi connectivity index (χ1n) is 8.35. The van der Waals surface area contributed by atoms with Gasteiger partial charge in [0.1, 0.15) is 0 Å². The Bertz CT molecular complexity index is 501. The zero-order valence-electron chi connectivity index (χ0n) is 14.6. The predicted octanol–water partition coefficient (Wildman–Crippen LogP) is 2.49. The number of likely N-dealkylation sites (tertiary alicyclic amines) is 1. The summed E-state index contributed by atoms with van der Waals surface area (Å²) in [7, 11) is 0. The molecular formula is C17H30N4O. The van der Waals surface area contributed by atoms with E-state index in [0.717, 1.165) is 13.1 Å². The van der Waals surface area contributed by atoms with Crippen LogP contribution in [-0.4, -0.2) is 46.3 Å². The molecule has 1 amide bonds. The Morgan fingerprint density at radius 3 is 2.77 bits per heavy atom. The molecule has 22 heavy (non-hydrogen) atoms. The highest BCUT2D eigenvalue weighted by Crippen LogP contribution is 2.18. The van der Waals surface area contributed by atoms with Gasteiger partial charge in [0.15, 0.2) is 0 Å². The quantitative estimate of drug-likeness (QED) is 0.930. The zero-order valence-corrected chi connectivity index (χ0v) is 14.6. The van der Waals surface area contributed by atoms with Crippen molar-refractivity contribution in [3.63, 3.8) is 0 Å². The molecule has 1 N–H and O–H groups in total. The minimum atomic E-state index is -0.0976. The third-order valence-electron chi connectivity index (χ3n) is 4.36. The molecule has 0 saturated carbocycles. The van der Waals surface area contributed by atoms with Crippen LogP contribution in [0, 0.1) is 5.92 Å². The molecule has 2 rings (SSSR count). The van der Waals surface area contributed by atoms with Crippen LogP contribution < -0.4 is 5.32 Å². The maximum absolute atomic E-state index is 12.3. The lowest BCUT2D eigenvalue weighted by atomic mass is 9.97. The fraction of sp³-hybridized carbons (Fsp3) is 0.765. The summed E-state index contributed by atoms with van der Waals surface area (Å²) in [4.78, 5) is 14.8. The molecule has 0 unspecified atom stereocenters. The Hall–Kier alpha value is -1.36. The largest absolute Gasteiger partial charge is 0.352 e. The van der Waals surface area contributed by atoms with E-state index in [9.17, 15) is 4.79 Å². The van der Waals surface area contributed by atoms with E-state index in [1.807, 2.05) is 10.9 Å². The van der Waals surface area contributed by atoms with E-state index in [0.29, 0.717) is 17.5 Å². The molecule has 5 heteroatoms. The van der Waals surface area contributed by atoms with Crippen LogP contribution in [0.2, 0.25) is 0 Å². The van der Waals surface area contributed by atoms with Gasteiger partial charge in [-0.15, -0.1) is 0 Å². The van der Waals surface area contributed by atoms with Crippen molar-refractivity contribution in [3.8, 4) is 0 Å². The van der Waals surface area contributed by atoms with Gasteiger partial charge in [-0.05, 0) is 59.9 Å². The van der Waals surface area contributed by atoms with Gasteiger partial charge in [0.05, 0.1) is 17.3 Å². The van der Waals surface area contributed by atoms with Crippen molar-refractivity contribution >= 4 is 5.91 Å². The number of nitrogens with zero attached hydrogens (tertiary/aromatic N) is 3. The lowest BCUT2D eigenvalue weighted by Crippen LogP contribution is -2.43. The van der Waals surface area contributed by atoms with Crippen LogP contribution in [0.1, 0.15) is 57.8 Å². The smallest absolute Gasteiger partial charge is 0.254 e. The third kappa shape index (κ3) is 4.32. The second-order valence-corrected chi connectivity index (χ2v) is 7.65. The molecule has 1 aliphatic heterocycles. The number of hydrogen-bond donors (Lipinski definition) is 1. The standard InChI is InChI=1S/C17H30N4O/c1-13(2)20-8-6-7-14(11-20)9-18-16(22)15-10-19-21(12-15)17(3,4)5/h10,12-14H,6-9,11H2,1-5H3,(H,18,22)/t14-/m0/s1. The lowest BCUT2D eigenvalue weighted by molar-refractivity contribution is 0.0922. The van der Waals surface area contributed by atoms with E-state index in [4.69, 9.17) is 0 Å². The van der Waals surface area contributed by atoms with Crippen molar-refractivity contribution < 1.29 is 4.79 Å². The molecule has 1 fully saturated rings. The maximum Gasteiger partial charge on any atom is 0.254 e. The van der Waals surface area contributed by atoms with E-state index in [1.54, 1.807) is 6.20 Å². The molecule has 5 nitrogen and oxygen atoms in total. The van der Waals surface area contributed by atoms with Gasteiger partial charge in [0.2, 0.25) is 0 Å².